The lowest BCUT2D eigenvalue weighted by atomic mass is 9.77. The predicted octanol–water partition coefficient (Wildman–Crippen LogP) is 4.68. The Morgan fingerprint density at radius 3 is 2.69 bits per heavy atom. The third kappa shape index (κ3) is 5.48. The number of esters is 1. The van der Waals surface area contributed by atoms with Crippen LogP contribution in [0.1, 0.15) is 75.8 Å². The molecule has 0 bridgehead atoms. The molecule has 5 heteroatoms. The van der Waals surface area contributed by atoms with Crippen LogP contribution in [-0.4, -0.2) is 18.2 Å². The van der Waals surface area contributed by atoms with Crippen molar-refractivity contribution >= 4 is 12.1 Å². The molecule has 1 aromatic carbocycles. The minimum Gasteiger partial charge on any atom is -0.460 e. The number of unbranched alkanes of at least 4 members (excludes halogenated alkanes) is 3. The number of nitrogens with two attached hydrogens (primary N) is 1. The van der Waals surface area contributed by atoms with E-state index in [1.807, 2.05) is 18.2 Å². The van der Waals surface area contributed by atoms with Gasteiger partial charge in [-0.25, -0.2) is 4.79 Å². The molecular weight excluding hydrogens is 330 g/mol. The molecule has 1 aliphatic rings. The zero-order chi connectivity index (χ0) is 18.9. The third-order valence-electron chi connectivity index (χ3n) is 5.08. The molecular formula is C21H31NO4. The highest BCUT2D eigenvalue weighted by Gasteiger charge is 2.46. The molecule has 1 aliphatic heterocycles. The second-order valence-corrected chi connectivity index (χ2v) is 7.11. The van der Waals surface area contributed by atoms with E-state index in [2.05, 4.69) is 19.9 Å². The van der Waals surface area contributed by atoms with Gasteiger partial charge in [0.25, 0.3) is 0 Å². The van der Waals surface area contributed by atoms with Crippen LogP contribution in [-0.2, 0) is 20.9 Å². The van der Waals surface area contributed by atoms with Gasteiger partial charge in [-0.05, 0) is 24.0 Å². The van der Waals surface area contributed by atoms with E-state index in [1.165, 1.54) is 19.3 Å². The van der Waals surface area contributed by atoms with Crippen molar-refractivity contribution in [2.75, 3.05) is 0 Å². The lowest BCUT2D eigenvalue weighted by molar-refractivity contribution is -0.188. The fourth-order valence-electron chi connectivity index (χ4n) is 3.70. The van der Waals surface area contributed by atoms with Crippen LogP contribution in [0.15, 0.2) is 24.3 Å². The second-order valence-electron chi connectivity index (χ2n) is 7.11. The maximum atomic E-state index is 12.0. The molecule has 1 amide bonds. The summed E-state index contributed by atoms with van der Waals surface area (Å²) in [5.41, 5.74) is 7.08. The number of rotatable bonds is 11. The number of ether oxygens (including phenoxy) is 2. The van der Waals surface area contributed by atoms with Gasteiger partial charge in [-0.1, -0.05) is 70.2 Å². The summed E-state index contributed by atoms with van der Waals surface area (Å²) in [4.78, 5) is 22.8. The summed E-state index contributed by atoms with van der Waals surface area (Å²) < 4.78 is 10.5. The number of carbonyl (C=O) groups is 2. The van der Waals surface area contributed by atoms with Gasteiger partial charge in [0, 0.05) is 5.92 Å². The van der Waals surface area contributed by atoms with E-state index >= 15 is 0 Å². The first kappa shape index (κ1) is 20.3. The average molecular weight is 361 g/mol. The van der Waals surface area contributed by atoms with Gasteiger partial charge in [0.05, 0.1) is 5.92 Å². The molecule has 2 N–H and O–H groups in total. The van der Waals surface area contributed by atoms with Crippen LogP contribution in [0.5, 0.6) is 0 Å². The van der Waals surface area contributed by atoms with Gasteiger partial charge < -0.3 is 15.2 Å². The number of amides is 1. The van der Waals surface area contributed by atoms with Gasteiger partial charge in [0.1, 0.15) is 12.7 Å². The molecule has 2 rings (SSSR count). The van der Waals surface area contributed by atoms with Crippen LogP contribution < -0.4 is 5.73 Å². The Bertz CT molecular complexity index is 601. The van der Waals surface area contributed by atoms with E-state index in [0.717, 1.165) is 36.8 Å². The number of primary amides is 1. The third-order valence-corrected chi connectivity index (χ3v) is 5.08. The van der Waals surface area contributed by atoms with Crippen LogP contribution in [0.4, 0.5) is 4.79 Å². The summed E-state index contributed by atoms with van der Waals surface area (Å²) in [5.74, 6) is 0.136. The molecule has 1 aromatic rings. The molecule has 0 aromatic heterocycles. The van der Waals surface area contributed by atoms with Gasteiger partial charge in [-0.3, -0.25) is 4.79 Å². The van der Waals surface area contributed by atoms with Gasteiger partial charge in [-0.2, -0.15) is 0 Å². The monoisotopic (exact) mass is 361 g/mol. The molecule has 26 heavy (non-hydrogen) atoms. The summed E-state index contributed by atoms with van der Waals surface area (Å²) in [6.45, 7) is 4.49. The fraction of sp³-hybridized carbons (Fsp3) is 0.619. The van der Waals surface area contributed by atoms with Crippen molar-refractivity contribution in [3.8, 4) is 0 Å². The highest BCUT2D eigenvalue weighted by Crippen LogP contribution is 2.40. The van der Waals surface area contributed by atoms with E-state index in [-0.39, 0.29) is 30.5 Å². The molecule has 3 atom stereocenters. The summed E-state index contributed by atoms with van der Waals surface area (Å²) in [6.07, 6.45) is 6.73. The van der Waals surface area contributed by atoms with Crippen molar-refractivity contribution in [2.45, 2.75) is 77.4 Å². The quantitative estimate of drug-likeness (QED) is 0.458. The van der Waals surface area contributed by atoms with Crippen molar-refractivity contribution in [1.82, 2.24) is 0 Å². The molecule has 1 heterocycles. The molecule has 0 aliphatic carbocycles. The molecule has 0 radical (unpaired) electrons. The molecule has 144 valence electrons. The minimum atomic E-state index is -0.777. The molecule has 1 fully saturated rings. The van der Waals surface area contributed by atoms with Crippen molar-refractivity contribution in [3.63, 3.8) is 0 Å². The smallest absolute Gasteiger partial charge is 0.404 e. The highest BCUT2D eigenvalue weighted by molar-refractivity contribution is 5.79. The molecule has 0 saturated carbocycles. The number of hydrogen-bond acceptors (Lipinski definition) is 4. The minimum absolute atomic E-state index is 0.00827. The Hall–Kier alpha value is -2.04. The van der Waals surface area contributed by atoms with Crippen molar-refractivity contribution in [3.05, 3.63) is 35.4 Å². The van der Waals surface area contributed by atoms with Crippen LogP contribution in [0.25, 0.3) is 0 Å². The van der Waals surface area contributed by atoms with Gasteiger partial charge in [0.2, 0.25) is 0 Å². The number of carbonyl (C=O) groups excluding carboxylic acids is 2. The van der Waals surface area contributed by atoms with Crippen LogP contribution >= 0.6 is 0 Å². The second kappa shape index (κ2) is 10.2. The maximum absolute atomic E-state index is 12.0. The fourth-order valence-corrected chi connectivity index (χ4v) is 3.70. The lowest BCUT2D eigenvalue weighted by Crippen LogP contribution is -2.48. The molecule has 5 nitrogen and oxygen atoms in total. The average Bonchev–Trinajstić information content (AvgIpc) is 2.63. The van der Waals surface area contributed by atoms with Gasteiger partial charge in [-0.15, -0.1) is 0 Å². The van der Waals surface area contributed by atoms with Crippen molar-refractivity contribution < 1.29 is 19.1 Å². The van der Waals surface area contributed by atoms with Crippen LogP contribution in [0.3, 0.4) is 0 Å². The molecule has 3 unspecified atom stereocenters. The number of cyclic esters (lactones) is 1. The number of benzene rings is 1. The Balaban J connectivity index is 2.06. The topological polar surface area (TPSA) is 78.6 Å². The summed E-state index contributed by atoms with van der Waals surface area (Å²) >= 11 is 0. The van der Waals surface area contributed by atoms with Gasteiger partial charge >= 0.3 is 12.1 Å². The lowest BCUT2D eigenvalue weighted by Gasteiger charge is -2.40. The van der Waals surface area contributed by atoms with E-state index in [9.17, 15) is 9.59 Å². The van der Waals surface area contributed by atoms with E-state index in [0.29, 0.717) is 0 Å². The first-order valence-corrected chi connectivity index (χ1v) is 9.78. The maximum Gasteiger partial charge on any atom is 0.404 e. The van der Waals surface area contributed by atoms with Crippen LogP contribution in [0, 0.1) is 5.92 Å². The summed E-state index contributed by atoms with van der Waals surface area (Å²) in [6, 6.07) is 7.96. The Morgan fingerprint density at radius 1 is 1.23 bits per heavy atom. The standard InChI is InChI=1S/C21H31NO4/c1-3-5-6-7-12-18-19(26-20(18)23)17(9-4-2)16-11-8-10-15(13-16)14-25-21(22)24/h8,10-11,13,17-19H,3-7,9,12,14H2,1-2H3,(H2,22,24). The van der Waals surface area contributed by atoms with Crippen LogP contribution in [0.2, 0.25) is 0 Å². The van der Waals surface area contributed by atoms with E-state index in [1.54, 1.807) is 0 Å². The predicted molar refractivity (Wildman–Crippen MR) is 101 cm³/mol. The number of hydrogen-bond donors (Lipinski definition) is 1. The largest absolute Gasteiger partial charge is 0.460 e. The first-order chi connectivity index (χ1) is 12.6. The Morgan fingerprint density at radius 2 is 2.04 bits per heavy atom. The van der Waals surface area contributed by atoms with Crippen molar-refractivity contribution in [2.24, 2.45) is 11.7 Å². The molecule has 1 saturated heterocycles. The highest BCUT2D eigenvalue weighted by atomic mass is 16.6. The normalized spacial score (nSPS) is 20.2. The van der Waals surface area contributed by atoms with E-state index in [4.69, 9.17) is 15.2 Å². The SMILES string of the molecule is CCCCCCC1C(=O)OC1C(CCC)c1cccc(COC(N)=O)c1. The summed E-state index contributed by atoms with van der Waals surface area (Å²) in [5, 5.41) is 0. The zero-order valence-corrected chi connectivity index (χ0v) is 15.9. The Labute approximate surface area is 156 Å². The summed E-state index contributed by atoms with van der Waals surface area (Å²) in [7, 11) is 0. The molecule has 0 spiro atoms. The Kier molecular flexibility index (Phi) is 7.95. The van der Waals surface area contributed by atoms with E-state index < -0.39 is 6.09 Å². The first-order valence-electron chi connectivity index (χ1n) is 9.78. The van der Waals surface area contributed by atoms with Gasteiger partial charge in [0.15, 0.2) is 0 Å². The zero-order valence-electron chi connectivity index (χ0n) is 15.9. The van der Waals surface area contributed by atoms with Crippen molar-refractivity contribution in [1.29, 1.82) is 0 Å².